The van der Waals surface area contributed by atoms with E-state index in [1.54, 1.807) is 0 Å². The minimum atomic E-state index is 0.297. The van der Waals surface area contributed by atoms with Gasteiger partial charge in [-0.2, -0.15) is 0 Å². The molecule has 1 aliphatic carbocycles. The maximum Gasteiger partial charge on any atom is 0.318 e. The molecule has 3 rings (SSSR count). The van der Waals surface area contributed by atoms with Gasteiger partial charge in [0.15, 0.2) is 0 Å². The highest BCUT2D eigenvalue weighted by Gasteiger charge is 2.38. The number of nitrogens with two attached hydrogens (primary N) is 1. The van der Waals surface area contributed by atoms with E-state index in [9.17, 15) is 0 Å². The number of anilines is 1. The molecule has 1 aliphatic heterocycles. The topological polar surface area (TPSA) is 77.4 Å². The maximum absolute atomic E-state index is 5.73. The Labute approximate surface area is 93.8 Å². The van der Waals surface area contributed by atoms with Gasteiger partial charge in [-0.15, -0.1) is 5.10 Å². The van der Waals surface area contributed by atoms with Crippen molar-refractivity contribution in [3.63, 3.8) is 0 Å². The van der Waals surface area contributed by atoms with Crippen LogP contribution in [0.2, 0.25) is 0 Å². The second-order valence-corrected chi connectivity index (χ2v) is 4.28. The summed E-state index contributed by atoms with van der Waals surface area (Å²) in [5.74, 6) is 0.496. The molecule has 2 heterocycles. The van der Waals surface area contributed by atoms with Crippen molar-refractivity contribution in [1.82, 2.24) is 10.2 Å². The van der Waals surface area contributed by atoms with Crippen LogP contribution in [0.25, 0.3) is 0 Å². The van der Waals surface area contributed by atoms with Crippen molar-refractivity contribution in [2.75, 3.05) is 18.1 Å². The second-order valence-electron chi connectivity index (χ2n) is 4.28. The fraction of sp³-hybridized carbons (Fsp3) is 0.800. The largest absolute Gasteiger partial charge is 0.407 e. The molecule has 2 unspecified atom stereocenters. The average molecular weight is 224 g/mol. The molecule has 1 saturated carbocycles. The molecule has 0 spiro atoms. The van der Waals surface area contributed by atoms with Gasteiger partial charge < -0.3 is 19.8 Å². The molecule has 2 fully saturated rings. The highest BCUT2D eigenvalue weighted by atomic mass is 16.5. The molecule has 2 atom stereocenters. The van der Waals surface area contributed by atoms with Gasteiger partial charge in [0, 0.05) is 6.54 Å². The fourth-order valence-corrected chi connectivity index (χ4v) is 2.61. The summed E-state index contributed by atoms with van der Waals surface area (Å²) in [7, 11) is 0. The van der Waals surface area contributed by atoms with Gasteiger partial charge in [-0.25, -0.2) is 0 Å². The summed E-state index contributed by atoms with van der Waals surface area (Å²) in [5.41, 5.74) is 5.46. The smallest absolute Gasteiger partial charge is 0.318 e. The predicted octanol–water partition coefficient (Wildman–Crippen LogP) is 0.286. The van der Waals surface area contributed by atoms with Gasteiger partial charge in [0.2, 0.25) is 5.89 Å². The lowest BCUT2D eigenvalue weighted by Gasteiger charge is -2.36. The van der Waals surface area contributed by atoms with Crippen molar-refractivity contribution >= 4 is 6.01 Å². The molecule has 1 aromatic heterocycles. The predicted molar refractivity (Wildman–Crippen MR) is 56.9 cm³/mol. The molecule has 0 amide bonds. The van der Waals surface area contributed by atoms with Gasteiger partial charge in [-0.05, 0) is 19.3 Å². The number of hydrogen-bond donors (Lipinski definition) is 1. The molecule has 6 heteroatoms. The first-order valence-electron chi connectivity index (χ1n) is 5.79. The molecular weight excluding hydrogens is 208 g/mol. The Morgan fingerprint density at radius 1 is 1.38 bits per heavy atom. The van der Waals surface area contributed by atoms with Crippen molar-refractivity contribution in [1.29, 1.82) is 0 Å². The Kier molecular flexibility index (Phi) is 2.53. The minimum Gasteiger partial charge on any atom is -0.407 e. The van der Waals surface area contributed by atoms with Crippen LogP contribution in [0.15, 0.2) is 4.42 Å². The molecule has 2 aliphatic rings. The van der Waals surface area contributed by atoms with E-state index in [4.69, 9.17) is 14.9 Å². The molecule has 16 heavy (non-hydrogen) atoms. The van der Waals surface area contributed by atoms with E-state index in [0.717, 1.165) is 26.0 Å². The van der Waals surface area contributed by atoms with E-state index in [2.05, 4.69) is 15.1 Å². The Morgan fingerprint density at radius 3 is 3.12 bits per heavy atom. The van der Waals surface area contributed by atoms with Crippen molar-refractivity contribution in [2.24, 2.45) is 5.73 Å². The third kappa shape index (κ3) is 1.58. The van der Waals surface area contributed by atoms with Crippen LogP contribution in [0.4, 0.5) is 6.01 Å². The van der Waals surface area contributed by atoms with Gasteiger partial charge in [-0.1, -0.05) is 5.10 Å². The summed E-state index contributed by atoms with van der Waals surface area (Å²) in [6.07, 6.45) is 3.83. The first-order chi connectivity index (χ1) is 7.88. The summed E-state index contributed by atoms with van der Waals surface area (Å²) < 4.78 is 11.2. The van der Waals surface area contributed by atoms with Gasteiger partial charge in [0.25, 0.3) is 0 Å². The van der Waals surface area contributed by atoms with Gasteiger partial charge in [0.05, 0.1) is 25.3 Å². The molecule has 88 valence electrons. The van der Waals surface area contributed by atoms with Crippen LogP contribution >= 0.6 is 0 Å². The number of hydrogen-bond acceptors (Lipinski definition) is 6. The fourth-order valence-electron chi connectivity index (χ4n) is 2.61. The van der Waals surface area contributed by atoms with Crippen molar-refractivity contribution in [2.45, 2.75) is 38.0 Å². The molecule has 0 bridgehead atoms. The Hall–Kier alpha value is -1.14. The zero-order valence-corrected chi connectivity index (χ0v) is 9.13. The number of ether oxygens (including phenoxy) is 1. The highest BCUT2D eigenvalue weighted by Crippen LogP contribution is 2.32. The Balaban J connectivity index is 1.82. The number of fused-ring (bicyclic) bond motifs is 1. The van der Waals surface area contributed by atoms with Gasteiger partial charge >= 0.3 is 6.01 Å². The van der Waals surface area contributed by atoms with Crippen LogP contribution in [0, 0.1) is 0 Å². The van der Waals surface area contributed by atoms with E-state index < -0.39 is 0 Å². The van der Waals surface area contributed by atoms with Crippen molar-refractivity contribution in [3.8, 4) is 0 Å². The SMILES string of the molecule is NCc1nnc(N2CCOC3CCCC32)o1. The first kappa shape index (κ1) is 10.0. The molecular formula is C10H16N4O2. The van der Waals surface area contributed by atoms with E-state index in [1.165, 1.54) is 6.42 Å². The highest BCUT2D eigenvalue weighted by molar-refractivity contribution is 5.29. The number of nitrogens with zero attached hydrogens (tertiary/aromatic N) is 3. The standard InChI is InChI=1S/C10H16N4O2/c11-6-9-12-13-10(16-9)14-4-5-15-8-3-1-2-7(8)14/h7-8H,1-6,11H2. The van der Waals surface area contributed by atoms with E-state index in [-0.39, 0.29) is 0 Å². The lowest BCUT2D eigenvalue weighted by molar-refractivity contribution is 0.0235. The van der Waals surface area contributed by atoms with Gasteiger partial charge in [0.1, 0.15) is 0 Å². The van der Waals surface area contributed by atoms with E-state index in [1.807, 2.05) is 0 Å². The van der Waals surface area contributed by atoms with Crippen LogP contribution in [-0.2, 0) is 11.3 Å². The second kappa shape index (κ2) is 4.03. The number of aromatic nitrogens is 2. The third-order valence-corrected chi connectivity index (χ3v) is 3.36. The summed E-state index contributed by atoms with van der Waals surface area (Å²) in [6, 6.07) is 1.00. The quantitative estimate of drug-likeness (QED) is 0.777. The summed E-state index contributed by atoms with van der Waals surface area (Å²) in [6.45, 7) is 1.86. The zero-order chi connectivity index (χ0) is 11.0. The Morgan fingerprint density at radius 2 is 2.31 bits per heavy atom. The lowest BCUT2D eigenvalue weighted by atomic mass is 10.1. The summed E-state index contributed by atoms with van der Waals surface area (Å²) in [4.78, 5) is 2.17. The average Bonchev–Trinajstić information content (AvgIpc) is 2.97. The van der Waals surface area contributed by atoms with Crippen LogP contribution in [0.3, 0.4) is 0 Å². The molecule has 6 nitrogen and oxygen atoms in total. The van der Waals surface area contributed by atoms with Crippen LogP contribution in [0.1, 0.15) is 25.2 Å². The first-order valence-corrected chi connectivity index (χ1v) is 5.79. The number of morpholine rings is 1. The molecule has 2 N–H and O–H groups in total. The van der Waals surface area contributed by atoms with Crippen LogP contribution in [-0.4, -0.2) is 35.5 Å². The maximum atomic E-state index is 5.73. The van der Waals surface area contributed by atoms with Crippen molar-refractivity contribution in [3.05, 3.63) is 5.89 Å². The van der Waals surface area contributed by atoms with Crippen LogP contribution in [0.5, 0.6) is 0 Å². The zero-order valence-electron chi connectivity index (χ0n) is 9.13. The van der Waals surface area contributed by atoms with Crippen LogP contribution < -0.4 is 10.6 Å². The summed E-state index contributed by atoms with van der Waals surface area (Å²) >= 11 is 0. The Bertz CT molecular complexity index is 367. The lowest BCUT2D eigenvalue weighted by Crippen LogP contribution is -2.48. The monoisotopic (exact) mass is 224 g/mol. The van der Waals surface area contributed by atoms with E-state index >= 15 is 0 Å². The molecule has 1 saturated heterocycles. The summed E-state index contributed by atoms with van der Waals surface area (Å²) in [5, 5.41) is 7.94. The van der Waals surface area contributed by atoms with E-state index in [0.29, 0.717) is 30.6 Å². The third-order valence-electron chi connectivity index (χ3n) is 3.36. The normalized spacial score (nSPS) is 29.4. The molecule has 1 aromatic rings. The van der Waals surface area contributed by atoms with Gasteiger partial charge in [-0.3, -0.25) is 0 Å². The van der Waals surface area contributed by atoms with Crippen molar-refractivity contribution < 1.29 is 9.15 Å². The minimum absolute atomic E-state index is 0.297. The molecule has 0 aromatic carbocycles. The molecule has 0 radical (unpaired) electrons. The number of rotatable bonds is 2.